The average molecular weight is 518 g/mol. The van der Waals surface area contributed by atoms with Crippen LogP contribution in [0.25, 0.3) is 11.1 Å². The molecule has 0 aliphatic rings. The van der Waals surface area contributed by atoms with Crippen LogP contribution in [0.3, 0.4) is 0 Å². The zero-order valence-electron chi connectivity index (χ0n) is 20.8. The van der Waals surface area contributed by atoms with Crippen molar-refractivity contribution < 1.29 is 13.9 Å². The zero-order chi connectivity index (χ0) is 25.1. The Balaban J connectivity index is 1.97. The second-order valence-electron chi connectivity index (χ2n) is 10.3. The third kappa shape index (κ3) is 7.52. The molecule has 1 amide bonds. The van der Waals surface area contributed by atoms with Gasteiger partial charge in [-0.15, -0.1) is 16.9 Å². The molecule has 3 aromatic rings. The van der Waals surface area contributed by atoms with Crippen molar-refractivity contribution in [2.45, 2.75) is 71.9 Å². The number of ether oxygens (including phenoxy) is 1. The van der Waals surface area contributed by atoms with Crippen LogP contribution < -0.4 is 10.6 Å². The molecule has 0 spiro atoms. The fraction of sp³-hybridized carbons (Fsp3) is 0.440. The number of amides is 1. The van der Waals surface area contributed by atoms with Crippen LogP contribution in [0.4, 0.5) is 10.5 Å². The SMILES string of the molecule is C[C@@H](Cc1oc2c(NCc3cccs3)cc(Cl)nc2c1C#C[Si](C)(C)C)NC(=O)OC(C)(C)C. The van der Waals surface area contributed by atoms with E-state index in [-0.39, 0.29) is 6.04 Å². The number of hydrogen-bond acceptors (Lipinski definition) is 6. The molecule has 2 N–H and O–H groups in total. The Morgan fingerprint density at radius 2 is 2.09 bits per heavy atom. The van der Waals surface area contributed by atoms with E-state index in [2.05, 4.69) is 52.8 Å². The van der Waals surface area contributed by atoms with E-state index in [1.165, 1.54) is 4.88 Å². The summed E-state index contributed by atoms with van der Waals surface area (Å²) in [6.45, 7) is 14.6. The number of fused-ring (bicyclic) bond motifs is 1. The zero-order valence-corrected chi connectivity index (χ0v) is 23.3. The quantitative estimate of drug-likeness (QED) is 0.212. The van der Waals surface area contributed by atoms with Crippen LogP contribution in [0.5, 0.6) is 0 Å². The van der Waals surface area contributed by atoms with E-state index >= 15 is 0 Å². The van der Waals surface area contributed by atoms with Crippen molar-refractivity contribution in [3.63, 3.8) is 0 Å². The summed E-state index contributed by atoms with van der Waals surface area (Å²) in [7, 11) is -1.66. The number of alkyl carbamates (subject to hydrolysis) is 1. The molecule has 3 aromatic heterocycles. The van der Waals surface area contributed by atoms with Crippen LogP contribution in [0.2, 0.25) is 24.8 Å². The highest BCUT2D eigenvalue weighted by molar-refractivity contribution is 7.09. The highest BCUT2D eigenvalue weighted by Crippen LogP contribution is 2.33. The maximum atomic E-state index is 12.2. The molecule has 0 aromatic carbocycles. The van der Waals surface area contributed by atoms with Crippen molar-refractivity contribution >= 4 is 53.9 Å². The Bertz CT molecular complexity index is 1210. The molecule has 1 atom stereocenters. The second kappa shape index (κ2) is 10.4. The van der Waals surface area contributed by atoms with Crippen LogP contribution in [0.15, 0.2) is 28.0 Å². The predicted molar refractivity (Wildman–Crippen MR) is 143 cm³/mol. The fourth-order valence-corrected chi connectivity index (χ4v) is 4.51. The number of halogens is 1. The lowest BCUT2D eigenvalue weighted by molar-refractivity contribution is 0.0507. The van der Waals surface area contributed by atoms with Crippen LogP contribution in [0.1, 0.15) is 43.9 Å². The van der Waals surface area contributed by atoms with Crippen LogP contribution in [0, 0.1) is 11.5 Å². The van der Waals surface area contributed by atoms with Gasteiger partial charge in [0.1, 0.15) is 30.1 Å². The number of thiophene rings is 1. The molecular weight excluding hydrogens is 486 g/mol. The molecule has 0 aliphatic heterocycles. The molecule has 3 rings (SSSR count). The van der Waals surface area contributed by atoms with Gasteiger partial charge >= 0.3 is 6.09 Å². The smallest absolute Gasteiger partial charge is 0.407 e. The summed E-state index contributed by atoms with van der Waals surface area (Å²) in [5.74, 6) is 3.99. The van der Waals surface area contributed by atoms with E-state index in [0.29, 0.717) is 35.0 Å². The van der Waals surface area contributed by atoms with Gasteiger partial charge in [-0.25, -0.2) is 9.78 Å². The van der Waals surface area contributed by atoms with Gasteiger partial charge in [-0.1, -0.05) is 43.2 Å². The maximum absolute atomic E-state index is 12.2. The molecular formula is C25H32ClN3O3SSi. The number of hydrogen-bond donors (Lipinski definition) is 2. The minimum atomic E-state index is -1.66. The Labute approximate surface area is 211 Å². The lowest BCUT2D eigenvalue weighted by atomic mass is 10.1. The summed E-state index contributed by atoms with van der Waals surface area (Å²) in [6.07, 6.45) is -0.0295. The molecule has 0 saturated heterocycles. The number of rotatable bonds is 6. The third-order valence-electron chi connectivity index (χ3n) is 4.53. The normalized spacial score (nSPS) is 12.7. The first-order valence-electron chi connectivity index (χ1n) is 11.2. The molecule has 34 heavy (non-hydrogen) atoms. The highest BCUT2D eigenvalue weighted by Gasteiger charge is 2.23. The Morgan fingerprint density at radius 1 is 1.35 bits per heavy atom. The van der Waals surface area contributed by atoms with Crippen molar-refractivity contribution in [3.8, 4) is 11.5 Å². The second-order valence-corrected chi connectivity index (χ2v) is 16.4. The lowest BCUT2D eigenvalue weighted by Crippen LogP contribution is -2.38. The third-order valence-corrected chi connectivity index (χ3v) is 6.48. The Kier molecular flexibility index (Phi) is 8.01. The monoisotopic (exact) mass is 517 g/mol. The largest absolute Gasteiger partial charge is 0.456 e. The molecule has 0 radical (unpaired) electrons. The first-order valence-corrected chi connectivity index (χ1v) is 16.0. The average Bonchev–Trinajstić information content (AvgIpc) is 3.30. The van der Waals surface area contributed by atoms with E-state index in [9.17, 15) is 4.79 Å². The topological polar surface area (TPSA) is 76.4 Å². The minimum absolute atomic E-state index is 0.235. The van der Waals surface area contributed by atoms with Crippen molar-refractivity contribution in [1.29, 1.82) is 0 Å². The summed E-state index contributed by atoms with van der Waals surface area (Å²) < 4.78 is 11.7. The minimum Gasteiger partial charge on any atom is -0.456 e. The van der Waals surface area contributed by atoms with Gasteiger partial charge in [0.2, 0.25) is 0 Å². The number of carbonyl (C=O) groups is 1. The number of aromatic nitrogens is 1. The van der Waals surface area contributed by atoms with E-state index in [4.69, 9.17) is 20.8 Å². The summed E-state index contributed by atoms with van der Waals surface area (Å²) in [5, 5.41) is 8.70. The molecule has 3 heterocycles. The molecule has 0 unspecified atom stereocenters. The first kappa shape index (κ1) is 26.1. The molecule has 0 bridgehead atoms. The summed E-state index contributed by atoms with van der Waals surface area (Å²) in [5.41, 5.74) is 5.57. The van der Waals surface area contributed by atoms with Gasteiger partial charge in [-0.05, 0) is 39.1 Å². The molecule has 0 aliphatic carbocycles. The van der Waals surface area contributed by atoms with E-state index in [0.717, 1.165) is 11.3 Å². The molecule has 0 saturated carbocycles. The predicted octanol–water partition coefficient (Wildman–Crippen LogP) is 6.84. The fourth-order valence-electron chi connectivity index (χ4n) is 3.17. The summed E-state index contributed by atoms with van der Waals surface area (Å²) in [4.78, 5) is 18.0. The van der Waals surface area contributed by atoms with Crippen molar-refractivity contribution in [3.05, 3.63) is 44.9 Å². The van der Waals surface area contributed by atoms with Gasteiger partial charge in [-0.2, -0.15) is 0 Å². The number of pyridine rings is 1. The first-order chi connectivity index (χ1) is 15.8. The standard InChI is InChI=1S/C25H32ClN3O3SSi/c1-16(28-24(30)32-25(2,3)4)13-20-18(10-12-34(5,6)7)22-23(31-20)19(14-21(26)29-22)27-15-17-9-8-11-33-17/h8-9,11,14,16H,13,15H2,1-7H3,(H,27,29)(H,28,30)/t16-/m0/s1. The van der Waals surface area contributed by atoms with Crippen LogP contribution >= 0.6 is 22.9 Å². The van der Waals surface area contributed by atoms with E-state index in [1.54, 1.807) is 17.4 Å². The number of furan rings is 1. The maximum Gasteiger partial charge on any atom is 0.407 e. The summed E-state index contributed by atoms with van der Waals surface area (Å²) >= 11 is 8.07. The highest BCUT2D eigenvalue weighted by atomic mass is 35.5. The number of nitrogens with zero attached hydrogens (tertiary/aromatic N) is 1. The van der Waals surface area contributed by atoms with Crippen molar-refractivity contribution in [2.24, 2.45) is 0 Å². The van der Waals surface area contributed by atoms with Gasteiger partial charge in [0.15, 0.2) is 5.58 Å². The Hall–Kier alpha value is -2.47. The molecule has 9 heteroatoms. The summed E-state index contributed by atoms with van der Waals surface area (Å²) in [6, 6.07) is 5.62. The van der Waals surface area contributed by atoms with Gasteiger partial charge in [0, 0.05) is 30.0 Å². The van der Waals surface area contributed by atoms with Gasteiger partial charge in [0.05, 0.1) is 11.3 Å². The lowest BCUT2D eigenvalue weighted by Gasteiger charge is -2.21. The van der Waals surface area contributed by atoms with Gasteiger partial charge < -0.3 is 19.8 Å². The number of nitrogens with one attached hydrogen (secondary N) is 2. The van der Waals surface area contributed by atoms with Crippen molar-refractivity contribution in [2.75, 3.05) is 5.32 Å². The van der Waals surface area contributed by atoms with Gasteiger partial charge in [-0.3, -0.25) is 0 Å². The number of carbonyl (C=O) groups excluding carboxylic acids is 1. The van der Waals surface area contributed by atoms with Crippen LogP contribution in [-0.2, 0) is 17.7 Å². The number of anilines is 1. The molecule has 6 nitrogen and oxygen atoms in total. The van der Waals surface area contributed by atoms with E-state index in [1.807, 2.05) is 39.1 Å². The van der Waals surface area contributed by atoms with Crippen LogP contribution in [-0.4, -0.2) is 30.8 Å². The Morgan fingerprint density at radius 3 is 2.71 bits per heavy atom. The van der Waals surface area contributed by atoms with Gasteiger partial charge in [0.25, 0.3) is 0 Å². The molecule has 182 valence electrons. The van der Waals surface area contributed by atoms with Crippen molar-refractivity contribution in [1.82, 2.24) is 10.3 Å². The van der Waals surface area contributed by atoms with E-state index < -0.39 is 19.8 Å². The molecule has 0 fully saturated rings.